The lowest BCUT2D eigenvalue weighted by Gasteiger charge is -2.25. The molecule has 0 radical (unpaired) electrons. The third-order valence-electron chi connectivity index (χ3n) is 3.42. The van der Waals surface area contributed by atoms with Crippen molar-refractivity contribution in [2.24, 2.45) is 5.92 Å². The summed E-state index contributed by atoms with van der Waals surface area (Å²) in [5.41, 5.74) is -0.0358. The number of hydrogen-bond acceptors (Lipinski definition) is 3. The van der Waals surface area contributed by atoms with Crippen molar-refractivity contribution in [1.29, 1.82) is 0 Å². The van der Waals surface area contributed by atoms with Crippen molar-refractivity contribution in [2.45, 2.75) is 78.7 Å². The number of unbranched alkanes of at least 4 members (excludes halogenated alkanes) is 3. The summed E-state index contributed by atoms with van der Waals surface area (Å²) in [6.07, 6.45) is 7.68. The van der Waals surface area contributed by atoms with E-state index in [1.54, 1.807) is 0 Å². The van der Waals surface area contributed by atoms with Crippen molar-refractivity contribution in [3.63, 3.8) is 0 Å². The van der Waals surface area contributed by atoms with Gasteiger partial charge in [-0.05, 0) is 39.5 Å². The summed E-state index contributed by atoms with van der Waals surface area (Å²) >= 11 is 0. The van der Waals surface area contributed by atoms with E-state index in [4.69, 9.17) is 9.47 Å². The largest absolute Gasteiger partial charge is 0.380 e. The van der Waals surface area contributed by atoms with Crippen LogP contribution in [0.25, 0.3) is 0 Å². The Kier molecular flexibility index (Phi) is 13.5. The minimum Gasteiger partial charge on any atom is -0.380 e. The molecular weight excluding hydrogens is 262 g/mol. The van der Waals surface area contributed by atoms with Gasteiger partial charge in [0.05, 0.1) is 18.8 Å². The third-order valence-corrected chi connectivity index (χ3v) is 3.42. The molecule has 0 aromatic rings. The molecule has 1 unspecified atom stereocenters. The van der Waals surface area contributed by atoms with E-state index in [2.05, 4.69) is 39.9 Å². The number of ether oxygens (including phenoxy) is 2. The lowest BCUT2D eigenvalue weighted by molar-refractivity contribution is -0.0237. The molecular formula is C18H39NO2. The van der Waals surface area contributed by atoms with E-state index in [0.717, 1.165) is 39.3 Å². The van der Waals surface area contributed by atoms with Crippen LogP contribution in [0.1, 0.15) is 73.1 Å². The van der Waals surface area contributed by atoms with Crippen LogP contribution >= 0.6 is 0 Å². The molecule has 21 heavy (non-hydrogen) atoms. The summed E-state index contributed by atoms with van der Waals surface area (Å²) in [6, 6.07) is 0. The van der Waals surface area contributed by atoms with Gasteiger partial charge in [0.2, 0.25) is 0 Å². The van der Waals surface area contributed by atoms with Gasteiger partial charge in [0.1, 0.15) is 0 Å². The highest BCUT2D eigenvalue weighted by atomic mass is 16.5. The topological polar surface area (TPSA) is 30.5 Å². The van der Waals surface area contributed by atoms with E-state index in [1.165, 1.54) is 32.1 Å². The fraction of sp³-hybridized carbons (Fsp3) is 1.00. The molecule has 0 bridgehead atoms. The average molecular weight is 302 g/mol. The Morgan fingerprint density at radius 1 is 0.952 bits per heavy atom. The van der Waals surface area contributed by atoms with E-state index < -0.39 is 0 Å². The van der Waals surface area contributed by atoms with Crippen LogP contribution in [0.3, 0.4) is 0 Å². The second kappa shape index (κ2) is 13.5. The lowest BCUT2D eigenvalue weighted by atomic mass is 10.0. The molecule has 0 aliphatic rings. The predicted molar refractivity (Wildman–Crippen MR) is 91.9 cm³/mol. The molecule has 0 amide bonds. The Labute approximate surface area is 133 Å². The highest BCUT2D eigenvalue weighted by molar-refractivity contribution is 4.66. The Morgan fingerprint density at radius 2 is 1.71 bits per heavy atom. The zero-order chi connectivity index (χ0) is 16.0. The van der Waals surface area contributed by atoms with Gasteiger partial charge in [-0.1, -0.05) is 39.5 Å². The predicted octanol–water partition coefficient (Wildman–Crippen LogP) is 4.40. The smallest absolute Gasteiger partial charge is 0.0598 e. The van der Waals surface area contributed by atoms with Crippen LogP contribution < -0.4 is 5.32 Å². The van der Waals surface area contributed by atoms with Gasteiger partial charge in [-0.25, -0.2) is 0 Å². The first kappa shape index (κ1) is 20.9. The minimum absolute atomic E-state index is 0.0358. The molecule has 0 aliphatic heterocycles. The van der Waals surface area contributed by atoms with Crippen molar-refractivity contribution in [3.05, 3.63) is 0 Å². The van der Waals surface area contributed by atoms with Crippen LogP contribution in [-0.2, 0) is 9.47 Å². The number of hydrogen-bond donors (Lipinski definition) is 1. The summed E-state index contributed by atoms with van der Waals surface area (Å²) in [4.78, 5) is 0. The molecule has 0 aromatic carbocycles. The summed E-state index contributed by atoms with van der Waals surface area (Å²) < 4.78 is 11.5. The van der Waals surface area contributed by atoms with E-state index in [1.807, 2.05) is 0 Å². The van der Waals surface area contributed by atoms with Crippen molar-refractivity contribution >= 4 is 0 Å². The molecule has 3 nitrogen and oxygen atoms in total. The first-order chi connectivity index (χ1) is 9.99. The van der Waals surface area contributed by atoms with Crippen LogP contribution in [-0.4, -0.2) is 38.5 Å². The normalized spacial score (nSPS) is 13.6. The van der Waals surface area contributed by atoms with Gasteiger partial charge in [0.25, 0.3) is 0 Å². The molecule has 0 aliphatic carbocycles. The zero-order valence-electron chi connectivity index (χ0n) is 15.2. The van der Waals surface area contributed by atoms with Crippen LogP contribution in [0.4, 0.5) is 0 Å². The summed E-state index contributed by atoms with van der Waals surface area (Å²) in [7, 11) is 0. The van der Waals surface area contributed by atoms with Crippen molar-refractivity contribution < 1.29 is 9.47 Å². The standard InChI is InChI=1S/C18H39NO2/c1-6-8-9-10-11-17(16-21-18(3,4)5)15-19-12-14-20-13-7-2/h17,19H,6-16H2,1-5H3. The Hall–Kier alpha value is -0.120. The molecule has 0 saturated carbocycles. The molecule has 0 aromatic heterocycles. The fourth-order valence-corrected chi connectivity index (χ4v) is 2.17. The maximum absolute atomic E-state index is 5.97. The molecule has 3 heteroatoms. The first-order valence-electron chi connectivity index (χ1n) is 8.92. The average Bonchev–Trinajstić information content (AvgIpc) is 2.42. The molecule has 128 valence electrons. The fourth-order valence-electron chi connectivity index (χ4n) is 2.17. The second-order valence-corrected chi connectivity index (χ2v) is 6.96. The number of nitrogens with one attached hydrogen (secondary N) is 1. The van der Waals surface area contributed by atoms with Gasteiger partial charge in [0, 0.05) is 19.7 Å². The lowest BCUT2D eigenvalue weighted by Crippen LogP contribution is -2.31. The quantitative estimate of drug-likeness (QED) is 0.482. The Morgan fingerprint density at radius 3 is 2.33 bits per heavy atom. The Bertz CT molecular complexity index is 214. The van der Waals surface area contributed by atoms with Crippen molar-refractivity contribution in [3.8, 4) is 0 Å². The molecule has 0 heterocycles. The zero-order valence-corrected chi connectivity index (χ0v) is 15.2. The van der Waals surface area contributed by atoms with Gasteiger partial charge in [-0.15, -0.1) is 0 Å². The molecule has 0 rings (SSSR count). The second-order valence-electron chi connectivity index (χ2n) is 6.96. The van der Waals surface area contributed by atoms with E-state index in [0.29, 0.717) is 5.92 Å². The van der Waals surface area contributed by atoms with E-state index in [-0.39, 0.29) is 5.60 Å². The van der Waals surface area contributed by atoms with Crippen LogP contribution in [0.15, 0.2) is 0 Å². The van der Waals surface area contributed by atoms with Gasteiger partial charge in [-0.2, -0.15) is 0 Å². The van der Waals surface area contributed by atoms with Crippen LogP contribution in [0.2, 0.25) is 0 Å². The van der Waals surface area contributed by atoms with E-state index in [9.17, 15) is 0 Å². The van der Waals surface area contributed by atoms with Crippen LogP contribution in [0.5, 0.6) is 0 Å². The summed E-state index contributed by atoms with van der Waals surface area (Å²) in [5.74, 6) is 0.618. The highest BCUT2D eigenvalue weighted by Gasteiger charge is 2.15. The molecule has 0 fully saturated rings. The van der Waals surface area contributed by atoms with Gasteiger partial charge in [0.15, 0.2) is 0 Å². The van der Waals surface area contributed by atoms with E-state index >= 15 is 0 Å². The SMILES string of the molecule is CCCCCCC(CNCCOCCC)COC(C)(C)C. The number of rotatable bonds is 14. The van der Waals surface area contributed by atoms with Gasteiger partial charge >= 0.3 is 0 Å². The minimum atomic E-state index is -0.0358. The summed E-state index contributed by atoms with van der Waals surface area (Å²) in [5, 5.41) is 3.52. The molecule has 0 saturated heterocycles. The summed E-state index contributed by atoms with van der Waals surface area (Å²) in [6.45, 7) is 15.3. The van der Waals surface area contributed by atoms with Crippen LogP contribution in [0, 0.1) is 5.92 Å². The van der Waals surface area contributed by atoms with Gasteiger partial charge < -0.3 is 14.8 Å². The molecule has 1 N–H and O–H groups in total. The van der Waals surface area contributed by atoms with Gasteiger partial charge in [-0.3, -0.25) is 0 Å². The van der Waals surface area contributed by atoms with Crippen molar-refractivity contribution in [2.75, 3.05) is 32.9 Å². The van der Waals surface area contributed by atoms with Crippen molar-refractivity contribution in [1.82, 2.24) is 5.32 Å². The Balaban J connectivity index is 3.83. The maximum Gasteiger partial charge on any atom is 0.0598 e. The molecule has 0 spiro atoms. The molecule has 1 atom stereocenters. The third kappa shape index (κ3) is 16.1. The monoisotopic (exact) mass is 301 g/mol. The first-order valence-corrected chi connectivity index (χ1v) is 8.92. The maximum atomic E-state index is 5.97. The highest BCUT2D eigenvalue weighted by Crippen LogP contribution is 2.15.